The van der Waals surface area contributed by atoms with Crippen LogP contribution in [0.25, 0.3) is 0 Å². The molecule has 0 aliphatic rings. The Kier molecular flexibility index (Phi) is 5.13. The topological polar surface area (TPSA) is 9.23 Å². The van der Waals surface area contributed by atoms with Crippen LogP contribution in [0.5, 0.6) is 5.75 Å². The van der Waals surface area contributed by atoms with E-state index < -0.39 is 0 Å². The number of benzene rings is 1. The molecule has 0 fully saturated rings. The van der Waals surface area contributed by atoms with E-state index in [4.69, 9.17) is 27.9 Å². The van der Waals surface area contributed by atoms with Crippen molar-refractivity contribution >= 4 is 23.2 Å². The number of hydrogen-bond acceptors (Lipinski definition) is 1. The van der Waals surface area contributed by atoms with Crippen molar-refractivity contribution in [3.05, 3.63) is 29.3 Å². The molecule has 0 aliphatic heterocycles. The van der Waals surface area contributed by atoms with Crippen LogP contribution >= 0.6 is 23.2 Å². The lowest BCUT2D eigenvalue weighted by molar-refractivity contribution is 0.412. The first-order chi connectivity index (χ1) is 6.81. The summed E-state index contributed by atoms with van der Waals surface area (Å²) in [6.45, 7) is 0. The molecule has 0 aliphatic carbocycles. The van der Waals surface area contributed by atoms with Gasteiger partial charge in [-0.15, -0.1) is 23.2 Å². The third kappa shape index (κ3) is 3.07. The Morgan fingerprint density at radius 3 is 2.57 bits per heavy atom. The average Bonchev–Trinajstić information content (AvgIpc) is 2.21. The number of rotatable bonds is 5. The summed E-state index contributed by atoms with van der Waals surface area (Å²) in [5.41, 5.74) is 2.23. The second-order valence-corrected chi connectivity index (χ2v) is 3.58. The van der Waals surface area contributed by atoms with E-state index in [2.05, 4.69) is 12.1 Å². The van der Waals surface area contributed by atoms with Crippen LogP contribution in [-0.4, -0.2) is 18.9 Å². The molecule has 0 spiro atoms. The maximum absolute atomic E-state index is 5.70. The zero-order chi connectivity index (χ0) is 10.4. The molecule has 1 rings (SSSR count). The van der Waals surface area contributed by atoms with E-state index in [0.29, 0.717) is 17.5 Å². The Hall–Kier alpha value is -0.400. The number of alkyl halides is 2. The molecule has 2 radical (unpaired) electrons. The Bertz CT molecular complexity index is 287. The van der Waals surface area contributed by atoms with Crippen molar-refractivity contribution in [3.8, 4) is 5.75 Å². The molecule has 0 atom stereocenters. The van der Waals surface area contributed by atoms with Crippen molar-refractivity contribution in [1.82, 2.24) is 0 Å². The van der Waals surface area contributed by atoms with E-state index in [1.165, 1.54) is 0 Å². The van der Waals surface area contributed by atoms with Crippen LogP contribution in [0.4, 0.5) is 0 Å². The summed E-state index contributed by atoms with van der Waals surface area (Å²) in [6, 6.07) is 8.02. The minimum absolute atomic E-state index is 0.582. The zero-order valence-electron chi connectivity index (χ0n) is 8.07. The fourth-order valence-corrected chi connectivity index (χ4v) is 1.64. The molecule has 14 heavy (non-hydrogen) atoms. The van der Waals surface area contributed by atoms with Crippen LogP contribution < -0.4 is 4.74 Å². The molecule has 0 N–H and O–H groups in total. The van der Waals surface area contributed by atoms with Gasteiger partial charge in [0.15, 0.2) is 0 Å². The molecule has 0 bridgehead atoms. The van der Waals surface area contributed by atoms with Crippen molar-refractivity contribution in [2.75, 3.05) is 18.9 Å². The quantitative estimate of drug-likeness (QED) is 0.708. The SMILES string of the molecule is COc1[c]cc(CCCl)c(CCCl)[c]1. The number of hydrogen-bond donors (Lipinski definition) is 0. The number of ether oxygens (including phenoxy) is 1. The third-order valence-electron chi connectivity index (χ3n) is 1.94. The number of methoxy groups -OCH3 is 1. The molecule has 1 nitrogen and oxygen atoms in total. The molecule has 0 saturated carbocycles. The van der Waals surface area contributed by atoms with E-state index >= 15 is 0 Å². The predicted octanol–water partition coefficient (Wildman–Crippen LogP) is 2.86. The van der Waals surface area contributed by atoms with Crippen LogP contribution in [-0.2, 0) is 12.8 Å². The first-order valence-electron chi connectivity index (χ1n) is 4.43. The normalized spacial score (nSPS) is 10.2. The largest absolute Gasteiger partial charge is 0.495 e. The molecule has 1 aromatic rings. The van der Waals surface area contributed by atoms with Crippen LogP contribution in [0.1, 0.15) is 11.1 Å². The lowest BCUT2D eigenvalue weighted by Crippen LogP contribution is -1.98. The van der Waals surface area contributed by atoms with Crippen LogP contribution in [0.15, 0.2) is 6.07 Å². The molecule has 1 aromatic carbocycles. The van der Waals surface area contributed by atoms with Gasteiger partial charge in [-0.1, -0.05) is 0 Å². The van der Waals surface area contributed by atoms with E-state index in [1.54, 1.807) is 7.11 Å². The first kappa shape index (κ1) is 11.7. The van der Waals surface area contributed by atoms with E-state index in [1.807, 2.05) is 6.07 Å². The van der Waals surface area contributed by atoms with E-state index in [-0.39, 0.29) is 0 Å². The van der Waals surface area contributed by atoms with Crippen molar-refractivity contribution in [2.24, 2.45) is 0 Å². The molecule has 0 aromatic heterocycles. The fourth-order valence-electron chi connectivity index (χ4n) is 1.25. The molecule has 0 heterocycles. The van der Waals surface area contributed by atoms with Gasteiger partial charge in [0, 0.05) is 23.9 Å². The summed E-state index contributed by atoms with van der Waals surface area (Å²) in [5, 5.41) is 0. The van der Waals surface area contributed by atoms with Gasteiger partial charge in [0.1, 0.15) is 5.75 Å². The summed E-state index contributed by atoms with van der Waals surface area (Å²) < 4.78 is 5.05. The Morgan fingerprint density at radius 2 is 2.00 bits per heavy atom. The monoisotopic (exact) mass is 230 g/mol. The molecule has 0 unspecified atom stereocenters. The molecule has 0 saturated heterocycles. The summed E-state index contributed by atoms with van der Waals surface area (Å²) in [7, 11) is 1.61. The summed E-state index contributed by atoms with van der Waals surface area (Å²) in [6.07, 6.45) is 1.61. The van der Waals surface area contributed by atoms with Gasteiger partial charge in [-0.3, -0.25) is 0 Å². The second-order valence-electron chi connectivity index (χ2n) is 2.83. The summed E-state index contributed by atoms with van der Waals surface area (Å²) in [5.74, 6) is 1.81. The smallest absolute Gasteiger partial charge is 0.135 e. The minimum Gasteiger partial charge on any atom is -0.495 e. The number of halogens is 2. The van der Waals surface area contributed by atoms with E-state index in [9.17, 15) is 0 Å². The van der Waals surface area contributed by atoms with Crippen molar-refractivity contribution < 1.29 is 4.74 Å². The van der Waals surface area contributed by atoms with Gasteiger partial charge in [0.05, 0.1) is 7.11 Å². The van der Waals surface area contributed by atoms with Crippen LogP contribution in [0.3, 0.4) is 0 Å². The highest BCUT2D eigenvalue weighted by molar-refractivity contribution is 6.18. The van der Waals surface area contributed by atoms with Gasteiger partial charge in [-0.2, -0.15) is 0 Å². The minimum atomic E-state index is 0.582. The van der Waals surface area contributed by atoms with Gasteiger partial charge in [-0.25, -0.2) is 0 Å². The van der Waals surface area contributed by atoms with Crippen molar-refractivity contribution in [2.45, 2.75) is 12.8 Å². The highest BCUT2D eigenvalue weighted by Gasteiger charge is 2.04. The Labute approximate surface area is 95.0 Å². The van der Waals surface area contributed by atoms with Gasteiger partial charge < -0.3 is 4.74 Å². The van der Waals surface area contributed by atoms with Gasteiger partial charge in [0.25, 0.3) is 0 Å². The molecular formula is C11H12Cl2O. The van der Waals surface area contributed by atoms with Crippen LogP contribution in [0.2, 0.25) is 0 Å². The van der Waals surface area contributed by atoms with Gasteiger partial charge in [-0.05, 0) is 30.0 Å². The maximum Gasteiger partial charge on any atom is 0.135 e. The lowest BCUT2D eigenvalue weighted by atomic mass is 10.0. The average molecular weight is 231 g/mol. The molecule has 76 valence electrons. The number of aryl methyl sites for hydroxylation is 2. The van der Waals surface area contributed by atoms with Crippen molar-refractivity contribution in [3.63, 3.8) is 0 Å². The summed E-state index contributed by atoms with van der Waals surface area (Å²) in [4.78, 5) is 0. The molecule has 0 amide bonds. The highest BCUT2D eigenvalue weighted by atomic mass is 35.5. The van der Waals surface area contributed by atoms with Gasteiger partial charge >= 0.3 is 0 Å². The standard InChI is InChI=1S/C11H12Cl2O/c1-14-11-3-2-9(4-6-12)10(8-11)5-7-13/h2H,4-7H2,1H3. The fraction of sp³-hybridized carbons (Fsp3) is 0.455. The third-order valence-corrected chi connectivity index (χ3v) is 2.32. The first-order valence-corrected chi connectivity index (χ1v) is 5.50. The molecular weight excluding hydrogens is 219 g/mol. The van der Waals surface area contributed by atoms with Gasteiger partial charge in [0.2, 0.25) is 0 Å². The zero-order valence-corrected chi connectivity index (χ0v) is 9.58. The second kappa shape index (κ2) is 6.15. The molecule has 3 heteroatoms. The predicted molar refractivity (Wildman–Crippen MR) is 59.5 cm³/mol. The highest BCUT2D eigenvalue weighted by Crippen LogP contribution is 2.18. The maximum atomic E-state index is 5.70. The Morgan fingerprint density at radius 1 is 1.29 bits per heavy atom. The van der Waals surface area contributed by atoms with E-state index in [0.717, 1.165) is 24.0 Å². The van der Waals surface area contributed by atoms with Crippen LogP contribution in [0, 0.1) is 12.1 Å². The van der Waals surface area contributed by atoms with Crippen molar-refractivity contribution in [1.29, 1.82) is 0 Å². The Balaban J connectivity index is 2.91. The lowest BCUT2D eigenvalue weighted by Gasteiger charge is -2.08. The summed E-state index contributed by atoms with van der Waals surface area (Å²) >= 11 is 11.4.